The Balaban J connectivity index is 1.73. The molecule has 0 aliphatic carbocycles. The summed E-state index contributed by atoms with van der Waals surface area (Å²) >= 11 is 0. The Hall–Kier alpha value is -2.34. The number of anilines is 1. The molecule has 0 saturated heterocycles. The number of carbonyl (C=O) groups excluding carboxylic acids is 1. The highest BCUT2D eigenvalue weighted by Crippen LogP contribution is 2.09. The second-order valence-corrected chi connectivity index (χ2v) is 4.89. The average Bonchev–Trinajstić information content (AvgIpc) is 2.93. The first-order valence-electron chi connectivity index (χ1n) is 7.34. The number of para-hydroxylation sites is 1. The molecule has 118 valence electrons. The molecule has 2 rings (SSSR count). The lowest BCUT2D eigenvalue weighted by Crippen LogP contribution is -2.41. The fraction of sp³-hybridized carbons (Fsp3) is 0.375. The third-order valence-electron chi connectivity index (χ3n) is 3.11. The van der Waals surface area contributed by atoms with Crippen molar-refractivity contribution in [1.82, 2.24) is 10.5 Å². The Morgan fingerprint density at radius 1 is 1.36 bits per heavy atom. The van der Waals surface area contributed by atoms with Crippen LogP contribution in [0.4, 0.5) is 5.82 Å². The van der Waals surface area contributed by atoms with Gasteiger partial charge < -0.3 is 19.9 Å². The van der Waals surface area contributed by atoms with Crippen LogP contribution in [0.5, 0.6) is 5.75 Å². The predicted molar refractivity (Wildman–Crippen MR) is 83.9 cm³/mol. The van der Waals surface area contributed by atoms with Crippen LogP contribution >= 0.6 is 0 Å². The Morgan fingerprint density at radius 2 is 2.14 bits per heavy atom. The summed E-state index contributed by atoms with van der Waals surface area (Å²) in [5.74, 6) is 1.78. The van der Waals surface area contributed by atoms with Crippen molar-refractivity contribution in [1.29, 1.82) is 0 Å². The Labute approximate surface area is 129 Å². The van der Waals surface area contributed by atoms with Crippen LogP contribution in [-0.2, 0) is 4.79 Å². The molecule has 0 radical (unpaired) electrons. The van der Waals surface area contributed by atoms with E-state index in [0.717, 1.165) is 5.75 Å². The maximum atomic E-state index is 12.1. The standard InChI is InChI=1S/C16H21N3O3/c1-3-14(16(20)18-15-11-12(2)22-19-15)17-9-10-21-13-7-5-4-6-8-13/h4-8,11,14,17H,3,9-10H2,1-2H3,(H,18,19,20). The molecule has 6 heteroatoms. The van der Waals surface area contributed by atoms with Crippen molar-refractivity contribution in [2.24, 2.45) is 0 Å². The van der Waals surface area contributed by atoms with Crippen LogP contribution in [-0.4, -0.2) is 30.3 Å². The number of aromatic nitrogens is 1. The molecular formula is C16H21N3O3. The van der Waals surface area contributed by atoms with Gasteiger partial charge in [-0.05, 0) is 25.5 Å². The summed E-state index contributed by atoms with van der Waals surface area (Å²) in [4.78, 5) is 12.1. The van der Waals surface area contributed by atoms with Gasteiger partial charge in [0.1, 0.15) is 18.1 Å². The molecule has 1 aromatic carbocycles. The number of aryl methyl sites for hydroxylation is 1. The first kappa shape index (κ1) is 16.0. The van der Waals surface area contributed by atoms with Gasteiger partial charge in [0, 0.05) is 12.6 Å². The van der Waals surface area contributed by atoms with Crippen LogP contribution in [0.1, 0.15) is 19.1 Å². The minimum absolute atomic E-state index is 0.129. The van der Waals surface area contributed by atoms with Crippen molar-refractivity contribution in [3.63, 3.8) is 0 Å². The fourth-order valence-electron chi connectivity index (χ4n) is 1.98. The number of nitrogens with zero attached hydrogens (tertiary/aromatic N) is 1. The lowest BCUT2D eigenvalue weighted by atomic mass is 10.2. The predicted octanol–water partition coefficient (Wildman–Crippen LogP) is 2.37. The number of hydrogen-bond donors (Lipinski definition) is 2. The number of amides is 1. The molecule has 1 amide bonds. The number of ether oxygens (including phenoxy) is 1. The molecule has 2 N–H and O–H groups in total. The lowest BCUT2D eigenvalue weighted by molar-refractivity contribution is -0.118. The van der Waals surface area contributed by atoms with Crippen LogP contribution in [0.25, 0.3) is 0 Å². The van der Waals surface area contributed by atoms with Gasteiger partial charge in [-0.3, -0.25) is 4.79 Å². The zero-order valence-electron chi connectivity index (χ0n) is 12.8. The zero-order valence-corrected chi connectivity index (χ0v) is 12.8. The molecule has 0 bridgehead atoms. The van der Waals surface area contributed by atoms with Crippen molar-refractivity contribution in [3.05, 3.63) is 42.2 Å². The summed E-state index contributed by atoms with van der Waals surface area (Å²) in [6.45, 7) is 4.80. The zero-order chi connectivity index (χ0) is 15.8. The molecule has 22 heavy (non-hydrogen) atoms. The third-order valence-corrected chi connectivity index (χ3v) is 3.11. The highest BCUT2D eigenvalue weighted by molar-refractivity contribution is 5.93. The van der Waals surface area contributed by atoms with Gasteiger partial charge in [0.15, 0.2) is 5.82 Å². The maximum absolute atomic E-state index is 12.1. The van der Waals surface area contributed by atoms with Gasteiger partial charge in [0.2, 0.25) is 5.91 Å². The summed E-state index contributed by atoms with van der Waals surface area (Å²) in [5, 5.41) is 9.65. The molecule has 0 spiro atoms. The van der Waals surface area contributed by atoms with Gasteiger partial charge in [0.25, 0.3) is 0 Å². The minimum atomic E-state index is -0.295. The van der Waals surface area contributed by atoms with Gasteiger partial charge in [-0.25, -0.2) is 0 Å². The first-order valence-corrected chi connectivity index (χ1v) is 7.34. The molecule has 1 unspecified atom stereocenters. The molecule has 1 aromatic heterocycles. The quantitative estimate of drug-likeness (QED) is 0.732. The second kappa shape index (κ2) is 8.19. The van der Waals surface area contributed by atoms with Crippen molar-refractivity contribution < 1.29 is 14.1 Å². The number of benzene rings is 1. The molecular weight excluding hydrogens is 282 g/mol. The van der Waals surface area contributed by atoms with E-state index < -0.39 is 0 Å². The molecule has 6 nitrogen and oxygen atoms in total. The van der Waals surface area contributed by atoms with Crippen LogP contribution in [0, 0.1) is 6.92 Å². The minimum Gasteiger partial charge on any atom is -0.492 e. The smallest absolute Gasteiger partial charge is 0.242 e. The molecule has 0 aliphatic rings. The normalized spacial score (nSPS) is 11.9. The summed E-state index contributed by atoms with van der Waals surface area (Å²) in [6, 6.07) is 11.0. The van der Waals surface area contributed by atoms with E-state index in [4.69, 9.17) is 9.26 Å². The van der Waals surface area contributed by atoms with Gasteiger partial charge in [-0.2, -0.15) is 0 Å². The molecule has 0 aliphatic heterocycles. The van der Waals surface area contributed by atoms with Gasteiger partial charge in [-0.15, -0.1) is 0 Å². The Kier molecular flexibility index (Phi) is 5.97. The summed E-state index contributed by atoms with van der Waals surface area (Å²) in [7, 11) is 0. The van der Waals surface area contributed by atoms with Gasteiger partial charge >= 0.3 is 0 Å². The van der Waals surface area contributed by atoms with E-state index in [9.17, 15) is 4.79 Å². The monoisotopic (exact) mass is 303 g/mol. The number of hydrogen-bond acceptors (Lipinski definition) is 5. The largest absolute Gasteiger partial charge is 0.492 e. The topological polar surface area (TPSA) is 76.4 Å². The molecule has 1 atom stereocenters. The van der Waals surface area contributed by atoms with E-state index in [1.165, 1.54) is 0 Å². The van der Waals surface area contributed by atoms with Crippen LogP contribution in [0.3, 0.4) is 0 Å². The third kappa shape index (κ3) is 4.89. The fourth-order valence-corrected chi connectivity index (χ4v) is 1.98. The van der Waals surface area contributed by atoms with Crippen molar-refractivity contribution >= 4 is 11.7 Å². The van der Waals surface area contributed by atoms with E-state index in [1.807, 2.05) is 37.3 Å². The van der Waals surface area contributed by atoms with Crippen molar-refractivity contribution in [2.45, 2.75) is 26.3 Å². The van der Waals surface area contributed by atoms with Crippen LogP contribution in [0.15, 0.2) is 40.9 Å². The van der Waals surface area contributed by atoms with Gasteiger partial charge in [0.05, 0.1) is 6.04 Å². The average molecular weight is 303 g/mol. The van der Waals surface area contributed by atoms with Crippen LogP contribution < -0.4 is 15.4 Å². The Bertz CT molecular complexity index is 583. The van der Waals surface area contributed by atoms with E-state index in [0.29, 0.717) is 31.2 Å². The second-order valence-electron chi connectivity index (χ2n) is 4.89. The van der Waals surface area contributed by atoms with E-state index in [1.54, 1.807) is 13.0 Å². The molecule has 1 heterocycles. The maximum Gasteiger partial charge on any atom is 0.242 e. The highest BCUT2D eigenvalue weighted by atomic mass is 16.5. The van der Waals surface area contributed by atoms with Crippen molar-refractivity contribution in [3.8, 4) is 5.75 Å². The lowest BCUT2D eigenvalue weighted by Gasteiger charge is -2.16. The van der Waals surface area contributed by atoms with Gasteiger partial charge in [-0.1, -0.05) is 30.3 Å². The highest BCUT2D eigenvalue weighted by Gasteiger charge is 2.17. The summed E-state index contributed by atoms with van der Waals surface area (Å²) in [6.07, 6.45) is 0.675. The first-order chi connectivity index (χ1) is 10.7. The van der Waals surface area contributed by atoms with E-state index >= 15 is 0 Å². The Morgan fingerprint density at radius 3 is 2.77 bits per heavy atom. The number of carbonyl (C=O) groups is 1. The van der Waals surface area contributed by atoms with Crippen LogP contribution in [0.2, 0.25) is 0 Å². The number of nitrogens with one attached hydrogen (secondary N) is 2. The molecule has 0 fully saturated rings. The summed E-state index contributed by atoms with van der Waals surface area (Å²) in [5.41, 5.74) is 0. The molecule has 0 saturated carbocycles. The van der Waals surface area contributed by atoms with E-state index in [2.05, 4.69) is 15.8 Å². The molecule has 2 aromatic rings. The number of rotatable bonds is 8. The SMILES string of the molecule is CCC(NCCOc1ccccc1)C(=O)Nc1cc(C)on1. The summed E-state index contributed by atoms with van der Waals surface area (Å²) < 4.78 is 10.5. The van der Waals surface area contributed by atoms with E-state index in [-0.39, 0.29) is 11.9 Å². The van der Waals surface area contributed by atoms with Crippen molar-refractivity contribution in [2.75, 3.05) is 18.5 Å².